The summed E-state index contributed by atoms with van der Waals surface area (Å²) in [7, 11) is 1.56. The van der Waals surface area contributed by atoms with Crippen LogP contribution < -0.4 is 10.6 Å². The third-order valence-electron chi connectivity index (χ3n) is 5.06. The molecule has 0 aliphatic carbocycles. The van der Waals surface area contributed by atoms with Gasteiger partial charge in [0, 0.05) is 24.8 Å². The van der Waals surface area contributed by atoms with Crippen LogP contribution in [0.15, 0.2) is 48.5 Å². The molecule has 1 unspecified atom stereocenters. The SMILES string of the molecule is CNC(=O)c1ccc(C)c(NC(=O)C2CCCN2C(=O)Cc2ccccc2)c1. The monoisotopic (exact) mass is 379 g/mol. The van der Waals surface area contributed by atoms with E-state index in [4.69, 9.17) is 0 Å². The molecule has 1 aliphatic heterocycles. The summed E-state index contributed by atoms with van der Waals surface area (Å²) in [6.07, 6.45) is 1.73. The molecule has 2 N–H and O–H groups in total. The lowest BCUT2D eigenvalue weighted by Gasteiger charge is -2.24. The molecule has 0 aromatic heterocycles. The summed E-state index contributed by atoms with van der Waals surface area (Å²) >= 11 is 0. The maximum absolute atomic E-state index is 12.9. The highest BCUT2D eigenvalue weighted by molar-refractivity contribution is 6.00. The van der Waals surface area contributed by atoms with E-state index in [1.807, 2.05) is 37.3 Å². The molecule has 146 valence electrons. The van der Waals surface area contributed by atoms with Gasteiger partial charge in [-0.2, -0.15) is 0 Å². The highest BCUT2D eigenvalue weighted by Gasteiger charge is 2.34. The van der Waals surface area contributed by atoms with E-state index in [1.54, 1.807) is 30.1 Å². The van der Waals surface area contributed by atoms with Gasteiger partial charge in [-0.1, -0.05) is 36.4 Å². The van der Waals surface area contributed by atoms with Crippen LogP contribution in [0.25, 0.3) is 0 Å². The van der Waals surface area contributed by atoms with E-state index in [-0.39, 0.29) is 24.1 Å². The van der Waals surface area contributed by atoms with Gasteiger partial charge in [0.25, 0.3) is 5.91 Å². The molecule has 3 rings (SSSR count). The largest absolute Gasteiger partial charge is 0.355 e. The Labute approximate surface area is 164 Å². The zero-order chi connectivity index (χ0) is 20.1. The predicted octanol–water partition coefficient (Wildman–Crippen LogP) is 2.53. The van der Waals surface area contributed by atoms with Crippen LogP contribution in [0.4, 0.5) is 5.69 Å². The van der Waals surface area contributed by atoms with Gasteiger partial charge in [0.1, 0.15) is 6.04 Å². The van der Waals surface area contributed by atoms with Crippen LogP contribution >= 0.6 is 0 Å². The Hall–Kier alpha value is -3.15. The normalized spacial score (nSPS) is 15.9. The number of nitrogens with zero attached hydrogens (tertiary/aromatic N) is 1. The summed E-state index contributed by atoms with van der Waals surface area (Å²) in [5.41, 5.74) is 2.87. The standard InChI is InChI=1S/C22H25N3O3/c1-15-10-11-17(21(27)23-2)14-18(15)24-22(28)19-9-6-12-25(19)20(26)13-16-7-4-3-5-8-16/h3-5,7-8,10-11,14,19H,6,9,12-13H2,1-2H3,(H,23,27)(H,24,28). The molecule has 0 bridgehead atoms. The molecular weight excluding hydrogens is 354 g/mol. The molecule has 2 aromatic carbocycles. The number of hydrogen-bond donors (Lipinski definition) is 2. The van der Waals surface area contributed by atoms with Gasteiger partial charge in [0.15, 0.2) is 0 Å². The molecule has 6 nitrogen and oxygen atoms in total. The molecule has 1 aliphatic rings. The van der Waals surface area contributed by atoms with Crippen LogP contribution in [0.3, 0.4) is 0 Å². The van der Waals surface area contributed by atoms with E-state index in [0.717, 1.165) is 17.5 Å². The number of likely N-dealkylation sites (tertiary alicyclic amines) is 1. The number of aryl methyl sites for hydroxylation is 1. The van der Waals surface area contributed by atoms with Gasteiger partial charge < -0.3 is 15.5 Å². The zero-order valence-electron chi connectivity index (χ0n) is 16.2. The topological polar surface area (TPSA) is 78.5 Å². The van der Waals surface area contributed by atoms with Crippen LogP contribution in [0.5, 0.6) is 0 Å². The highest BCUT2D eigenvalue weighted by Crippen LogP contribution is 2.23. The maximum Gasteiger partial charge on any atom is 0.251 e. The number of carbonyl (C=O) groups excluding carboxylic acids is 3. The van der Waals surface area contributed by atoms with Gasteiger partial charge in [-0.05, 0) is 43.0 Å². The first-order valence-corrected chi connectivity index (χ1v) is 9.46. The molecule has 1 saturated heterocycles. The van der Waals surface area contributed by atoms with Crippen molar-refractivity contribution >= 4 is 23.4 Å². The Morgan fingerprint density at radius 3 is 2.57 bits per heavy atom. The zero-order valence-corrected chi connectivity index (χ0v) is 16.2. The minimum atomic E-state index is -0.487. The van der Waals surface area contributed by atoms with Gasteiger partial charge in [-0.15, -0.1) is 0 Å². The summed E-state index contributed by atoms with van der Waals surface area (Å²) in [5.74, 6) is -0.466. The lowest BCUT2D eigenvalue weighted by Crippen LogP contribution is -2.43. The van der Waals surface area contributed by atoms with E-state index < -0.39 is 6.04 Å². The van der Waals surface area contributed by atoms with Crippen LogP contribution in [0, 0.1) is 6.92 Å². The van der Waals surface area contributed by atoms with Crippen LogP contribution in [0.1, 0.15) is 34.3 Å². The van der Waals surface area contributed by atoms with Crippen molar-refractivity contribution < 1.29 is 14.4 Å². The number of hydrogen-bond acceptors (Lipinski definition) is 3. The lowest BCUT2D eigenvalue weighted by molar-refractivity contribution is -0.136. The minimum Gasteiger partial charge on any atom is -0.355 e. The first kappa shape index (κ1) is 19.6. The molecule has 0 spiro atoms. The molecule has 2 aromatic rings. The number of anilines is 1. The summed E-state index contributed by atoms with van der Waals surface area (Å²) in [5, 5.41) is 5.48. The van der Waals surface area contributed by atoms with Crippen LogP contribution in [-0.4, -0.2) is 42.3 Å². The Bertz CT molecular complexity index is 880. The minimum absolute atomic E-state index is 0.0420. The second-order valence-electron chi connectivity index (χ2n) is 7.01. The first-order chi connectivity index (χ1) is 13.5. The number of carbonyl (C=O) groups is 3. The Morgan fingerprint density at radius 2 is 1.86 bits per heavy atom. The Morgan fingerprint density at radius 1 is 1.11 bits per heavy atom. The summed E-state index contributed by atoms with van der Waals surface area (Å²) in [6, 6.07) is 14.2. The van der Waals surface area contributed by atoms with Gasteiger partial charge in [-0.3, -0.25) is 14.4 Å². The van der Waals surface area contributed by atoms with Crippen molar-refractivity contribution in [2.75, 3.05) is 18.9 Å². The summed E-state index contributed by atoms with van der Waals surface area (Å²) in [6.45, 7) is 2.46. The number of rotatable bonds is 5. The Kier molecular flexibility index (Phi) is 6.09. The van der Waals surface area contributed by atoms with Crippen molar-refractivity contribution in [1.82, 2.24) is 10.2 Å². The number of amides is 3. The highest BCUT2D eigenvalue weighted by atomic mass is 16.2. The third-order valence-corrected chi connectivity index (χ3v) is 5.06. The molecule has 28 heavy (non-hydrogen) atoms. The van der Waals surface area contributed by atoms with E-state index in [0.29, 0.717) is 24.2 Å². The Balaban J connectivity index is 1.71. The lowest BCUT2D eigenvalue weighted by atomic mass is 10.1. The fourth-order valence-corrected chi connectivity index (χ4v) is 3.47. The van der Waals surface area contributed by atoms with E-state index in [9.17, 15) is 14.4 Å². The van der Waals surface area contributed by atoms with Crippen molar-refractivity contribution in [3.05, 3.63) is 65.2 Å². The molecule has 1 fully saturated rings. The molecule has 1 heterocycles. The molecule has 6 heteroatoms. The van der Waals surface area contributed by atoms with Crippen molar-refractivity contribution in [1.29, 1.82) is 0 Å². The third kappa shape index (κ3) is 4.39. The second-order valence-corrected chi connectivity index (χ2v) is 7.01. The molecule has 3 amide bonds. The van der Waals surface area contributed by atoms with Crippen molar-refractivity contribution in [2.24, 2.45) is 0 Å². The summed E-state index contributed by atoms with van der Waals surface area (Å²) in [4.78, 5) is 39.1. The van der Waals surface area contributed by atoms with Crippen LogP contribution in [-0.2, 0) is 16.0 Å². The van der Waals surface area contributed by atoms with Gasteiger partial charge in [0.2, 0.25) is 11.8 Å². The van der Waals surface area contributed by atoms with E-state index >= 15 is 0 Å². The van der Waals surface area contributed by atoms with E-state index in [1.165, 1.54) is 0 Å². The average Bonchev–Trinajstić information content (AvgIpc) is 3.20. The maximum atomic E-state index is 12.9. The average molecular weight is 379 g/mol. The fraction of sp³-hybridized carbons (Fsp3) is 0.318. The molecular formula is C22H25N3O3. The number of benzene rings is 2. The van der Waals surface area contributed by atoms with Crippen molar-refractivity contribution in [2.45, 2.75) is 32.2 Å². The van der Waals surface area contributed by atoms with Gasteiger partial charge >= 0.3 is 0 Å². The van der Waals surface area contributed by atoms with Crippen LogP contribution in [0.2, 0.25) is 0 Å². The van der Waals surface area contributed by atoms with Gasteiger partial charge in [-0.25, -0.2) is 0 Å². The van der Waals surface area contributed by atoms with Gasteiger partial charge in [0.05, 0.1) is 6.42 Å². The molecule has 0 radical (unpaired) electrons. The number of nitrogens with one attached hydrogen (secondary N) is 2. The quantitative estimate of drug-likeness (QED) is 0.838. The predicted molar refractivity (Wildman–Crippen MR) is 108 cm³/mol. The smallest absolute Gasteiger partial charge is 0.251 e. The summed E-state index contributed by atoms with van der Waals surface area (Å²) < 4.78 is 0. The second kappa shape index (κ2) is 8.69. The van der Waals surface area contributed by atoms with E-state index in [2.05, 4.69) is 10.6 Å². The molecule has 0 saturated carbocycles. The van der Waals surface area contributed by atoms with Crippen molar-refractivity contribution in [3.63, 3.8) is 0 Å². The molecule has 1 atom stereocenters. The first-order valence-electron chi connectivity index (χ1n) is 9.46. The van der Waals surface area contributed by atoms with Crippen molar-refractivity contribution in [3.8, 4) is 0 Å². The fourth-order valence-electron chi connectivity index (χ4n) is 3.47.